The van der Waals surface area contributed by atoms with Gasteiger partial charge in [0, 0.05) is 13.1 Å². The molecule has 0 bridgehead atoms. The summed E-state index contributed by atoms with van der Waals surface area (Å²) in [6.07, 6.45) is 7.82. The van der Waals surface area contributed by atoms with Crippen LogP contribution in [0, 0.1) is 5.41 Å². The lowest BCUT2D eigenvalue weighted by molar-refractivity contribution is 0.131. The topological polar surface area (TPSA) is 24.1 Å². The van der Waals surface area contributed by atoms with Crippen LogP contribution in [0.15, 0.2) is 0 Å². The van der Waals surface area contributed by atoms with Gasteiger partial charge in [-0.25, -0.2) is 0 Å². The second-order valence-electron chi connectivity index (χ2n) is 4.67. The molecule has 0 radical (unpaired) electrons. The van der Waals surface area contributed by atoms with Gasteiger partial charge >= 0.3 is 0 Å². The van der Waals surface area contributed by atoms with Gasteiger partial charge in [0.1, 0.15) is 0 Å². The minimum absolute atomic E-state index is 0.552. The van der Waals surface area contributed by atoms with Crippen molar-refractivity contribution < 1.29 is 0 Å². The summed E-state index contributed by atoms with van der Waals surface area (Å²) in [4.78, 5) is 0. The van der Waals surface area contributed by atoms with Crippen LogP contribution in [0.5, 0.6) is 0 Å². The Labute approximate surface area is 99.2 Å². The van der Waals surface area contributed by atoms with E-state index in [1.54, 1.807) is 0 Å². The average molecular weight is 228 g/mol. The van der Waals surface area contributed by atoms with Crippen molar-refractivity contribution in [2.75, 3.05) is 13.1 Å². The highest BCUT2D eigenvalue weighted by atomic mass is 32.1. The highest BCUT2D eigenvalue weighted by Crippen LogP contribution is 2.42. The number of unbranched alkanes of at least 4 members (excludes halogenated alkanes) is 1. The van der Waals surface area contributed by atoms with Crippen molar-refractivity contribution in [3.05, 3.63) is 0 Å². The van der Waals surface area contributed by atoms with Gasteiger partial charge in [0.05, 0.1) is 0 Å². The molecule has 1 aliphatic rings. The minimum Gasteiger partial charge on any atom is -0.363 e. The maximum atomic E-state index is 5.23. The molecular formula is C12H24N2S. The van der Waals surface area contributed by atoms with Crippen LogP contribution in [-0.2, 0) is 0 Å². The Bertz CT molecular complexity index is 194. The Morgan fingerprint density at radius 3 is 2.47 bits per heavy atom. The van der Waals surface area contributed by atoms with Crippen LogP contribution in [-0.4, -0.2) is 18.2 Å². The summed E-state index contributed by atoms with van der Waals surface area (Å²) in [5.74, 6) is 0. The molecule has 1 rings (SSSR count). The van der Waals surface area contributed by atoms with Crippen LogP contribution in [0.1, 0.15) is 52.4 Å². The summed E-state index contributed by atoms with van der Waals surface area (Å²) in [6, 6.07) is 0. The summed E-state index contributed by atoms with van der Waals surface area (Å²) in [5.41, 5.74) is 0.552. The van der Waals surface area contributed by atoms with E-state index in [4.69, 9.17) is 12.2 Å². The molecule has 1 aliphatic carbocycles. The van der Waals surface area contributed by atoms with Crippen LogP contribution >= 0.6 is 12.2 Å². The molecule has 0 saturated heterocycles. The van der Waals surface area contributed by atoms with Gasteiger partial charge in [0.15, 0.2) is 5.11 Å². The molecule has 15 heavy (non-hydrogen) atoms. The Morgan fingerprint density at radius 1 is 1.27 bits per heavy atom. The molecule has 0 spiro atoms. The Morgan fingerprint density at radius 2 is 2.00 bits per heavy atom. The predicted molar refractivity (Wildman–Crippen MR) is 70.1 cm³/mol. The molecule has 0 unspecified atom stereocenters. The van der Waals surface area contributed by atoms with Gasteiger partial charge in [0.2, 0.25) is 0 Å². The van der Waals surface area contributed by atoms with E-state index in [-0.39, 0.29) is 0 Å². The zero-order chi connectivity index (χ0) is 11.1. The fraction of sp³-hybridized carbons (Fsp3) is 0.917. The molecule has 2 N–H and O–H groups in total. The van der Waals surface area contributed by atoms with Crippen LogP contribution in [0.4, 0.5) is 0 Å². The molecule has 2 nitrogen and oxygen atoms in total. The van der Waals surface area contributed by atoms with Crippen LogP contribution in [0.25, 0.3) is 0 Å². The smallest absolute Gasteiger partial charge is 0.166 e. The Balaban J connectivity index is 2.10. The molecule has 0 atom stereocenters. The van der Waals surface area contributed by atoms with Crippen LogP contribution < -0.4 is 10.6 Å². The van der Waals surface area contributed by atoms with Crippen molar-refractivity contribution >= 4 is 17.3 Å². The molecule has 0 aromatic carbocycles. The van der Waals surface area contributed by atoms with E-state index in [0.29, 0.717) is 5.41 Å². The number of hydrogen-bond donors (Lipinski definition) is 2. The highest BCUT2D eigenvalue weighted by Gasteiger charge is 2.34. The summed E-state index contributed by atoms with van der Waals surface area (Å²) >= 11 is 5.23. The second kappa shape index (κ2) is 6.31. The molecule has 0 aliphatic heterocycles. The van der Waals surface area contributed by atoms with Crippen molar-refractivity contribution in [1.82, 2.24) is 10.6 Å². The normalized spacial score (nSPS) is 18.0. The van der Waals surface area contributed by atoms with E-state index < -0.39 is 0 Å². The third-order valence-corrected chi connectivity index (χ3v) is 3.89. The van der Waals surface area contributed by atoms with Gasteiger partial charge in [-0.05, 0) is 43.3 Å². The van der Waals surface area contributed by atoms with E-state index in [0.717, 1.165) is 18.2 Å². The second-order valence-corrected chi connectivity index (χ2v) is 5.08. The molecule has 0 aromatic heterocycles. The fourth-order valence-electron chi connectivity index (χ4n) is 2.04. The first-order valence-electron chi connectivity index (χ1n) is 6.24. The molecule has 0 amide bonds. The molecule has 1 saturated carbocycles. The van der Waals surface area contributed by atoms with Crippen molar-refractivity contribution in [2.24, 2.45) is 5.41 Å². The largest absolute Gasteiger partial charge is 0.363 e. The molecule has 0 heterocycles. The monoisotopic (exact) mass is 228 g/mol. The lowest BCUT2D eigenvalue weighted by atomic mass is 9.67. The van der Waals surface area contributed by atoms with Gasteiger partial charge in [-0.3, -0.25) is 0 Å². The average Bonchev–Trinajstić information content (AvgIpc) is 2.17. The number of nitrogens with one attached hydrogen (secondary N) is 2. The molecular weight excluding hydrogens is 204 g/mol. The first-order valence-corrected chi connectivity index (χ1v) is 6.65. The van der Waals surface area contributed by atoms with Crippen molar-refractivity contribution in [3.8, 4) is 0 Å². The molecule has 0 aromatic rings. The van der Waals surface area contributed by atoms with Gasteiger partial charge in [0.25, 0.3) is 0 Å². The SMILES string of the molecule is CCCCNC(=S)NCC1(CC)CCC1. The lowest BCUT2D eigenvalue weighted by Gasteiger charge is -2.41. The maximum absolute atomic E-state index is 5.23. The fourth-order valence-corrected chi connectivity index (χ4v) is 2.22. The standard InChI is InChI=1S/C12H24N2S/c1-3-5-9-13-11(15)14-10-12(4-2)7-6-8-12/h3-10H2,1-2H3,(H2,13,14,15). The van der Waals surface area contributed by atoms with E-state index in [9.17, 15) is 0 Å². The highest BCUT2D eigenvalue weighted by molar-refractivity contribution is 7.80. The first kappa shape index (κ1) is 12.8. The summed E-state index contributed by atoms with van der Waals surface area (Å²) in [7, 11) is 0. The first-order chi connectivity index (χ1) is 7.22. The minimum atomic E-state index is 0.552. The van der Waals surface area contributed by atoms with Crippen molar-refractivity contribution in [2.45, 2.75) is 52.4 Å². The number of hydrogen-bond acceptors (Lipinski definition) is 1. The Hall–Kier alpha value is -0.310. The van der Waals surface area contributed by atoms with E-state index in [1.165, 1.54) is 38.5 Å². The lowest BCUT2D eigenvalue weighted by Crippen LogP contribution is -2.45. The zero-order valence-electron chi connectivity index (χ0n) is 10.1. The van der Waals surface area contributed by atoms with Gasteiger partial charge in [-0.15, -0.1) is 0 Å². The predicted octanol–water partition coefficient (Wildman–Crippen LogP) is 2.83. The van der Waals surface area contributed by atoms with Crippen LogP contribution in [0.2, 0.25) is 0 Å². The molecule has 3 heteroatoms. The van der Waals surface area contributed by atoms with E-state index >= 15 is 0 Å². The number of rotatable bonds is 6. The molecule has 88 valence electrons. The number of thiocarbonyl (C=S) groups is 1. The maximum Gasteiger partial charge on any atom is 0.166 e. The van der Waals surface area contributed by atoms with Gasteiger partial charge in [-0.1, -0.05) is 26.7 Å². The third kappa shape index (κ3) is 3.98. The summed E-state index contributed by atoms with van der Waals surface area (Å²) < 4.78 is 0. The Kier molecular flexibility index (Phi) is 5.37. The van der Waals surface area contributed by atoms with Gasteiger partial charge in [-0.2, -0.15) is 0 Å². The molecule has 1 fully saturated rings. The summed E-state index contributed by atoms with van der Waals surface area (Å²) in [6.45, 7) is 6.54. The van der Waals surface area contributed by atoms with E-state index in [1.807, 2.05) is 0 Å². The van der Waals surface area contributed by atoms with Crippen molar-refractivity contribution in [3.63, 3.8) is 0 Å². The van der Waals surface area contributed by atoms with E-state index in [2.05, 4.69) is 24.5 Å². The van der Waals surface area contributed by atoms with Crippen LogP contribution in [0.3, 0.4) is 0 Å². The summed E-state index contributed by atoms with van der Waals surface area (Å²) in [5, 5.41) is 7.44. The quantitative estimate of drug-likeness (QED) is 0.540. The third-order valence-electron chi connectivity index (χ3n) is 3.60. The van der Waals surface area contributed by atoms with Gasteiger partial charge < -0.3 is 10.6 Å². The van der Waals surface area contributed by atoms with Crippen molar-refractivity contribution in [1.29, 1.82) is 0 Å². The zero-order valence-corrected chi connectivity index (χ0v) is 10.9.